The van der Waals surface area contributed by atoms with Crippen LogP contribution < -0.4 is 5.73 Å². The molecule has 4 aromatic rings. The number of rotatable bonds is 5. The number of piperidine rings is 1. The molecule has 12 heteroatoms. The zero-order chi connectivity index (χ0) is 25.8. The molecular weight excluding hydrogens is 479 g/mol. The van der Waals surface area contributed by atoms with Gasteiger partial charge in [-0.15, -0.1) is 0 Å². The number of nitrogen functional groups attached to an aromatic ring is 1. The van der Waals surface area contributed by atoms with Crippen LogP contribution in [0.15, 0.2) is 30.9 Å². The van der Waals surface area contributed by atoms with Gasteiger partial charge < -0.3 is 20.7 Å². The van der Waals surface area contributed by atoms with Crippen LogP contribution in [-0.2, 0) is 4.79 Å². The number of imidazole rings is 1. The Morgan fingerprint density at radius 1 is 1.22 bits per heavy atom. The Kier molecular flexibility index (Phi) is 5.48. The number of hydrogen-bond acceptors (Lipinski definition) is 8. The Balaban J connectivity index is 1.44. The second-order valence-electron chi connectivity index (χ2n) is 9.61. The molecule has 190 valence electrons. The number of aliphatic hydroxyl groups is 1. The quantitative estimate of drug-likeness (QED) is 0.350. The molecule has 2 bridgehead atoms. The molecule has 37 heavy (non-hydrogen) atoms. The van der Waals surface area contributed by atoms with Crippen LogP contribution in [0.5, 0.6) is 0 Å². The number of nitrogens with one attached hydrogen (secondary N) is 1. The number of halogens is 1. The molecule has 4 aromatic heterocycles. The molecule has 0 aromatic carbocycles. The molecule has 0 spiro atoms. The van der Waals surface area contributed by atoms with Gasteiger partial charge in [-0.25, -0.2) is 19.3 Å². The molecule has 6 heterocycles. The largest absolute Gasteiger partial charge is 0.387 e. The highest BCUT2D eigenvalue weighted by molar-refractivity contribution is 6.00. The summed E-state index contributed by atoms with van der Waals surface area (Å²) in [5, 5.41) is 13.7. The first-order valence-electron chi connectivity index (χ1n) is 12.1. The normalized spacial score (nSPS) is 21.1. The number of fused-ring (bicyclic) bond motifs is 3. The van der Waals surface area contributed by atoms with Crippen molar-refractivity contribution < 1.29 is 19.1 Å². The highest BCUT2D eigenvalue weighted by Crippen LogP contribution is 2.44. The van der Waals surface area contributed by atoms with Crippen molar-refractivity contribution in [3.8, 4) is 22.6 Å². The van der Waals surface area contributed by atoms with Crippen molar-refractivity contribution in [3.63, 3.8) is 0 Å². The van der Waals surface area contributed by atoms with E-state index in [1.165, 1.54) is 36.1 Å². The molecule has 2 aliphatic rings. The first-order chi connectivity index (χ1) is 17.9. The maximum Gasteiger partial charge on any atom is 0.248 e. The summed E-state index contributed by atoms with van der Waals surface area (Å²) in [5.41, 5.74) is 8.80. The third kappa shape index (κ3) is 3.67. The minimum absolute atomic E-state index is 0.0284. The number of nitrogens with two attached hydrogens (primary N) is 1. The van der Waals surface area contributed by atoms with Crippen LogP contribution in [-0.4, -0.2) is 69.9 Å². The lowest BCUT2D eigenvalue weighted by atomic mass is 9.85. The van der Waals surface area contributed by atoms with Crippen molar-refractivity contribution in [2.75, 3.05) is 12.3 Å². The van der Waals surface area contributed by atoms with E-state index in [0.29, 0.717) is 46.7 Å². The summed E-state index contributed by atoms with van der Waals surface area (Å²) in [4.78, 5) is 42.8. The minimum atomic E-state index is -0.558. The van der Waals surface area contributed by atoms with E-state index in [2.05, 4.69) is 20.1 Å². The number of carbonyl (C=O) groups is 2. The lowest BCUT2D eigenvalue weighted by Crippen LogP contribution is -2.47. The van der Waals surface area contributed by atoms with Gasteiger partial charge in [0, 0.05) is 47.7 Å². The Hall–Kier alpha value is -4.19. The molecule has 2 saturated heterocycles. The predicted octanol–water partition coefficient (Wildman–Crippen LogP) is 2.33. The summed E-state index contributed by atoms with van der Waals surface area (Å²) in [5.74, 6) is -0.675. The van der Waals surface area contributed by atoms with Crippen LogP contribution in [0.25, 0.3) is 28.3 Å². The van der Waals surface area contributed by atoms with Crippen molar-refractivity contribution in [2.45, 2.75) is 50.6 Å². The maximum atomic E-state index is 15.0. The van der Waals surface area contributed by atoms with Gasteiger partial charge in [0.25, 0.3) is 0 Å². The Bertz CT molecular complexity index is 1520. The highest BCUT2D eigenvalue weighted by atomic mass is 19.1. The van der Waals surface area contributed by atoms with Gasteiger partial charge in [-0.3, -0.25) is 9.59 Å². The van der Waals surface area contributed by atoms with Gasteiger partial charge in [-0.1, -0.05) is 0 Å². The predicted molar refractivity (Wildman–Crippen MR) is 131 cm³/mol. The van der Waals surface area contributed by atoms with Crippen molar-refractivity contribution in [2.24, 2.45) is 0 Å². The summed E-state index contributed by atoms with van der Waals surface area (Å²) in [6.45, 7) is 0.925. The molecule has 2 atom stereocenters. The lowest BCUT2D eigenvalue weighted by Gasteiger charge is -2.39. The smallest absolute Gasteiger partial charge is 0.248 e. The Morgan fingerprint density at radius 2 is 1.97 bits per heavy atom. The van der Waals surface area contributed by atoms with Crippen LogP contribution in [0.2, 0.25) is 0 Å². The van der Waals surface area contributed by atoms with Crippen molar-refractivity contribution >= 4 is 23.2 Å². The topological polar surface area (TPSA) is 155 Å². The van der Waals surface area contributed by atoms with E-state index < -0.39 is 12.4 Å². The van der Waals surface area contributed by atoms with E-state index >= 15 is 0 Å². The molecule has 0 saturated carbocycles. The van der Waals surface area contributed by atoms with E-state index in [4.69, 9.17) is 10.7 Å². The number of amides is 1. The summed E-state index contributed by atoms with van der Waals surface area (Å²) < 4.78 is 16.4. The number of aromatic amines is 1. The third-order valence-corrected chi connectivity index (χ3v) is 7.48. The fourth-order valence-electron chi connectivity index (χ4n) is 5.94. The van der Waals surface area contributed by atoms with Gasteiger partial charge in [-0.2, -0.15) is 9.61 Å². The fraction of sp³-hybridized carbons (Fsp3) is 0.360. The zero-order valence-electron chi connectivity index (χ0n) is 20.1. The lowest BCUT2D eigenvalue weighted by molar-refractivity contribution is -0.138. The number of nitrogens with zero attached hydrogens (tertiary/aromatic N) is 6. The standard InChI is InChI=1S/C25H25FN8O3/c1-12(36)20-21(13-6-15-2-3-16(7-13)33(15)19(37)11-35)32-25-17(10-31-34(25)23(20)27)14-8-18(26)22(30-9-14)24-28-4-5-29-24/h4-5,8-10,13,15-16,35H,2-3,6-7,11,27H2,1H3,(H,28,29). The monoisotopic (exact) mass is 504 g/mol. The number of pyridine rings is 1. The average molecular weight is 505 g/mol. The van der Waals surface area contributed by atoms with Crippen molar-refractivity contribution in [1.82, 2.24) is 34.4 Å². The van der Waals surface area contributed by atoms with Crippen LogP contribution in [0.3, 0.4) is 0 Å². The van der Waals surface area contributed by atoms with Gasteiger partial charge in [0.15, 0.2) is 23.1 Å². The van der Waals surface area contributed by atoms with E-state index in [1.54, 1.807) is 11.1 Å². The number of anilines is 1. The zero-order valence-corrected chi connectivity index (χ0v) is 20.1. The molecule has 11 nitrogen and oxygen atoms in total. The van der Waals surface area contributed by atoms with E-state index in [-0.39, 0.29) is 41.2 Å². The molecule has 2 aliphatic heterocycles. The number of aromatic nitrogens is 6. The number of H-pyrrole nitrogens is 1. The fourth-order valence-corrected chi connectivity index (χ4v) is 5.94. The van der Waals surface area contributed by atoms with E-state index in [0.717, 1.165) is 12.8 Å². The van der Waals surface area contributed by atoms with Gasteiger partial charge in [0.2, 0.25) is 5.91 Å². The molecule has 1 amide bonds. The second kappa shape index (κ2) is 8.73. The molecule has 2 unspecified atom stereocenters. The molecular formula is C25H25FN8O3. The number of carbonyl (C=O) groups excluding carboxylic acids is 2. The number of hydrogen-bond donors (Lipinski definition) is 3. The molecule has 0 aliphatic carbocycles. The van der Waals surface area contributed by atoms with Crippen LogP contribution in [0.1, 0.15) is 54.6 Å². The molecule has 6 rings (SSSR count). The first kappa shape index (κ1) is 23.2. The van der Waals surface area contributed by atoms with Gasteiger partial charge >= 0.3 is 0 Å². The summed E-state index contributed by atoms with van der Waals surface area (Å²) in [6.07, 6.45) is 9.07. The molecule has 4 N–H and O–H groups in total. The highest BCUT2D eigenvalue weighted by Gasteiger charge is 2.44. The van der Waals surface area contributed by atoms with Gasteiger partial charge in [0.1, 0.15) is 18.1 Å². The summed E-state index contributed by atoms with van der Waals surface area (Å²) >= 11 is 0. The number of aliphatic hydroxyl groups excluding tert-OH is 1. The van der Waals surface area contributed by atoms with Crippen LogP contribution in [0, 0.1) is 5.82 Å². The van der Waals surface area contributed by atoms with Crippen molar-refractivity contribution in [3.05, 3.63) is 47.9 Å². The van der Waals surface area contributed by atoms with Crippen LogP contribution >= 0.6 is 0 Å². The van der Waals surface area contributed by atoms with E-state index in [1.807, 2.05) is 0 Å². The molecule has 0 radical (unpaired) electrons. The summed E-state index contributed by atoms with van der Waals surface area (Å²) in [6, 6.07) is 1.29. The number of Topliss-reactive ketones (excluding diaryl/α,β-unsaturated/α-hetero) is 1. The average Bonchev–Trinajstić information content (AvgIpc) is 3.61. The van der Waals surface area contributed by atoms with Gasteiger partial charge in [-0.05, 0) is 38.7 Å². The summed E-state index contributed by atoms with van der Waals surface area (Å²) in [7, 11) is 0. The first-order valence-corrected chi connectivity index (χ1v) is 12.1. The second-order valence-corrected chi connectivity index (χ2v) is 9.61. The number of ketones is 1. The van der Waals surface area contributed by atoms with E-state index in [9.17, 15) is 19.1 Å². The Labute approximate surface area is 210 Å². The SMILES string of the molecule is CC(=O)c1c(C2CC3CCC(C2)N3C(=O)CO)nc2c(-c3cnc(-c4ncc[nH]4)c(F)c3)cnn2c1N. The minimum Gasteiger partial charge on any atom is -0.387 e. The van der Waals surface area contributed by atoms with Crippen molar-refractivity contribution in [1.29, 1.82) is 0 Å². The van der Waals surface area contributed by atoms with Gasteiger partial charge in [0.05, 0.1) is 17.5 Å². The maximum absolute atomic E-state index is 15.0. The third-order valence-electron chi connectivity index (χ3n) is 7.48. The Morgan fingerprint density at radius 3 is 2.59 bits per heavy atom. The molecule has 2 fully saturated rings. The van der Waals surface area contributed by atoms with Crippen LogP contribution in [0.4, 0.5) is 10.2 Å².